The zero-order chi connectivity index (χ0) is 17.7. The third kappa shape index (κ3) is 1.54. The topological polar surface area (TPSA) is 17.6 Å². The highest BCUT2D eigenvalue weighted by atomic mass is 35.5. The standard InChI is InChI=1S/C24H12ClNO/c25-14-9-10-19-17(12-14)15-6-3-4-13-8-11-20-22(21(13)15)23-24(27-20)16-5-1-2-7-18(16)26(19)23/h1-12H. The van der Waals surface area contributed by atoms with Gasteiger partial charge in [0.25, 0.3) is 0 Å². The van der Waals surface area contributed by atoms with Gasteiger partial charge in [-0.1, -0.05) is 48.0 Å². The zero-order valence-electron chi connectivity index (χ0n) is 14.2. The number of aromatic nitrogens is 1. The summed E-state index contributed by atoms with van der Waals surface area (Å²) in [5.41, 5.74) is 5.31. The molecule has 0 spiro atoms. The number of hydrogen-bond donors (Lipinski definition) is 0. The normalized spacial score (nSPS) is 12.6. The predicted molar refractivity (Wildman–Crippen MR) is 113 cm³/mol. The first-order valence-electron chi connectivity index (χ1n) is 8.99. The summed E-state index contributed by atoms with van der Waals surface area (Å²) in [6, 6.07) is 25.3. The smallest absolute Gasteiger partial charge is 0.161 e. The van der Waals surface area contributed by atoms with Crippen LogP contribution in [0.15, 0.2) is 77.2 Å². The Bertz CT molecular complexity index is 1690. The quantitative estimate of drug-likeness (QED) is 0.274. The third-order valence-electron chi connectivity index (χ3n) is 5.77. The number of hydrogen-bond acceptors (Lipinski definition) is 1. The van der Waals surface area contributed by atoms with E-state index in [0.717, 1.165) is 43.5 Å². The molecule has 0 N–H and O–H groups in total. The average Bonchev–Trinajstić information content (AvgIpc) is 3.18. The molecule has 0 saturated heterocycles. The van der Waals surface area contributed by atoms with Gasteiger partial charge in [0.05, 0.1) is 16.4 Å². The lowest BCUT2D eigenvalue weighted by Crippen LogP contribution is -1.84. The Balaban J connectivity index is 2.05. The van der Waals surface area contributed by atoms with Gasteiger partial charge in [0, 0.05) is 21.2 Å². The van der Waals surface area contributed by atoms with Crippen molar-refractivity contribution in [3.63, 3.8) is 0 Å². The van der Waals surface area contributed by atoms with E-state index in [2.05, 4.69) is 71.1 Å². The van der Waals surface area contributed by atoms with Crippen LogP contribution >= 0.6 is 11.6 Å². The molecule has 0 fully saturated rings. The first-order chi connectivity index (χ1) is 13.3. The number of rotatable bonds is 0. The molecule has 0 unspecified atom stereocenters. The predicted octanol–water partition coefficient (Wildman–Crippen LogP) is 7.39. The summed E-state index contributed by atoms with van der Waals surface area (Å²) in [6.45, 7) is 0. The Kier molecular flexibility index (Phi) is 2.34. The summed E-state index contributed by atoms with van der Waals surface area (Å²) in [4.78, 5) is 0. The number of furan rings is 1. The van der Waals surface area contributed by atoms with Crippen molar-refractivity contribution in [2.24, 2.45) is 0 Å². The lowest BCUT2D eigenvalue weighted by Gasteiger charge is -2.03. The highest BCUT2D eigenvalue weighted by Crippen LogP contribution is 2.44. The second-order valence-corrected chi connectivity index (χ2v) is 7.57. The van der Waals surface area contributed by atoms with Gasteiger partial charge in [-0.2, -0.15) is 0 Å². The lowest BCUT2D eigenvalue weighted by atomic mass is 10.0. The van der Waals surface area contributed by atoms with Crippen molar-refractivity contribution in [1.29, 1.82) is 0 Å². The number of halogens is 1. The van der Waals surface area contributed by atoms with E-state index in [1.165, 1.54) is 21.5 Å². The second-order valence-electron chi connectivity index (χ2n) is 7.14. The lowest BCUT2D eigenvalue weighted by molar-refractivity contribution is 0.673. The van der Waals surface area contributed by atoms with Crippen LogP contribution in [0.1, 0.15) is 0 Å². The monoisotopic (exact) mass is 365 g/mol. The van der Waals surface area contributed by atoms with Gasteiger partial charge >= 0.3 is 0 Å². The van der Waals surface area contributed by atoms with Gasteiger partial charge in [0.15, 0.2) is 5.58 Å². The Hall–Kier alpha value is -3.23. The van der Waals surface area contributed by atoms with E-state index in [1.807, 2.05) is 6.07 Å². The van der Waals surface area contributed by atoms with Crippen molar-refractivity contribution in [2.75, 3.05) is 0 Å². The fourth-order valence-corrected chi connectivity index (χ4v) is 4.89. The summed E-state index contributed by atoms with van der Waals surface area (Å²) >= 11 is 6.42. The summed E-state index contributed by atoms with van der Waals surface area (Å²) < 4.78 is 8.71. The fourth-order valence-electron chi connectivity index (χ4n) is 4.72. The Labute approximate surface area is 158 Å². The summed E-state index contributed by atoms with van der Waals surface area (Å²) in [7, 11) is 0. The van der Waals surface area contributed by atoms with Crippen LogP contribution < -0.4 is 0 Å². The fraction of sp³-hybridized carbons (Fsp3) is 0. The van der Waals surface area contributed by atoms with Crippen LogP contribution in [0.2, 0.25) is 5.02 Å². The summed E-state index contributed by atoms with van der Waals surface area (Å²) in [5.74, 6) is 0. The molecule has 0 amide bonds. The molecule has 126 valence electrons. The van der Waals surface area contributed by atoms with Crippen molar-refractivity contribution < 1.29 is 4.42 Å². The van der Waals surface area contributed by atoms with Crippen LogP contribution in [0, 0.1) is 0 Å². The minimum Gasteiger partial charge on any atom is -0.454 e. The number of benzene rings is 4. The van der Waals surface area contributed by atoms with E-state index in [9.17, 15) is 0 Å². The molecule has 3 heteroatoms. The average molecular weight is 366 g/mol. The maximum Gasteiger partial charge on any atom is 0.161 e. The molecular formula is C24H12ClNO. The van der Waals surface area contributed by atoms with E-state index < -0.39 is 0 Å². The zero-order valence-corrected chi connectivity index (χ0v) is 14.9. The molecule has 0 saturated carbocycles. The van der Waals surface area contributed by atoms with Gasteiger partial charge in [0.1, 0.15) is 11.1 Å². The highest BCUT2D eigenvalue weighted by Gasteiger charge is 2.21. The molecule has 4 aromatic carbocycles. The first kappa shape index (κ1) is 13.9. The molecule has 0 atom stereocenters. The van der Waals surface area contributed by atoms with E-state index in [1.54, 1.807) is 0 Å². The van der Waals surface area contributed by atoms with Gasteiger partial charge in [0.2, 0.25) is 0 Å². The summed E-state index contributed by atoms with van der Waals surface area (Å²) in [6.07, 6.45) is 0. The molecule has 27 heavy (non-hydrogen) atoms. The third-order valence-corrected chi connectivity index (χ3v) is 6.01. The van der Waals surface area contributed by atoms with E-state index in [4.69, 9.17) is 16.0 Å². The molecule has 3 heterocycles. The molecule has 0 aliphatic rings. The van der Waals surface area contributed by atoms with Crippen LogP contribution in [0.25, 0.3) is 60.0 Å². The molecule has 3 aromatic heterocycles. The first-order valence-corrected chi connectivity index (χ1v) is 9.37. The van der Waals surface area contributed by atoms with Crippen molar-refractivity contribution in [1.82, 2.24) is 4.40 Å². The van der Waals surface area contributed by atoms with Gasteiger partial charge in [-0.25, -0.2) is 0 Å². The van der Waals surface area contributed by atoms with Gasteiger partial charge in [-0.05, 0) is 47.2 Å². The largest absolute Gasteiger partial charge is 0.454 e. The van der Waals surface area contributed by atoms with E-state index in [-0.39, 0.29) is 0 Å². The maximum atomic E-state index is 6.42. The Morgan fingerprint density at radius 3 is 2.52 bits per heavy atom. The van der Waals surface area contributed by atoms with Gasteiger partial charge in [-0.15, -0.1) is 0 Å². The van der Waals surface area contributed by atoms with Gasteiger partial charge in [-0.3, -0.25) is 0 Å². The molecule has 0 aliphatic carbocycles. The van der Waals surface area contributed by atoms with Crippen molar-refractivity contribution in [3.8, 4) is 0 Å². The van der Waals surface area contributed by atoms with Crippen LogP contribution in [-0.4, -0.2) is 4.40 Å². The van der Waals surface area contributed by atoms with Crippen molar-refractivity contribution in [3.05, 3.63) is 77.8 Å². The number of nitrogens with zero attached hydrogens (tertiary/aromatic N) is 1. The van der Waals surface area contributed by atoms with Gasteiger partial charge < -0.3 is 8.82 Å². The van der Waals surface area contributed by atoms with Crippen molar-refractivity contribution >= 4 is 71.6 Å². The molecule has 0 radical (unpaired) electrons. The molecule has 7 aromatic rings. The molecule has 0 bridgehead atoms. The Morgan fingerprint density at radius 2 is 1.56 bits per heavy atom. The maximum absolute atomic E-state index is 6.42. The van der Waals surface area contributed by atoms with Crippen LogP contribution in [0.5, 0.6) is 0 Å². The van der Waals surface area contributed by atoms with Crippen molar-refractivity contribution in [2.45, 2.75) is 0 Å². The molecule has 2 nitrogen and oxygen atoms in total. The molecule has 0 aliphatic heterocycles. The molecule has 7 rings (SSSR count). The number of para-hydroxylation sites is 1. The molecular weight excluding hydrogens is 354 g/mol. The van der Waals surface area contributed by atoms with E-state index >= 15 is 0 Å². The van der Waals surface area contributed by atoms with E-state index in [0.29, 0.717) is 0 Å². The SMILES string of the molecule is Clc1ccc2c(c1)c1cccc3ccc4oc5c6ccccc6n2c5c4c31. The highest BCUT2D eigenvalue weighted by molar-refractivity contribution is 6.34. The minimum atomic E-state index is 0.747. The minimum absolute atomic E-state index is 0.747. The van der Waals surface area contributed by atoms with Crippen LogP contribution in [-0.2, 0) is 0 Å². The summed E-state index contributed by atoms with van der Waals surface area (Å²) in [5, 5.41) is 7.87. The Morgan fingerprint density at radius 1 is 0.704 bits per heavy atom. The van der Waals surface area contributed by atoms with Crippen LogP contribution in [0.3, 0.4) is 0 Å². The van der Waals surface area contributed by atoms with Crippen LogP contribution in [0.4, 0.5) is 0 Å². The number of fused-ring (bicyclic) bond motifs is 6. The second kappa shape index (κ2) is 4.54.